The van der Waals surface area contributed by atoms with Gasteiger partial charge in [0.2, 0.25) is 0 Å². The van der Waals surface area contributed by atoms with Crippen LogP contribution in [0.25, 0.3) is 0 Å². The second-order valence-corrected chi connectivity index (χ2v) is 5.71. The van der Waals surface area contributed by atoms with E-state index in [4.69, 9.17) is 0 Å². The van der Waals surface area contributed by atoms with Crippen molar-refractivity contribution in [1.29, 1.82) is 0 Å². The maximum atomic E-state index is 4.17. The molecule has 16 heavy (non-hydrogen) atoms. The summed E-state index contributed by atoms with van der Waals surface area (Å²) in [5.74, 6) is 3.58. The Bertz CT molecular complexity index is 321. The molecule has 1 N–H and O–H groups in total. The number of rotatable bonds is 4. The monoisotopic (exact) mass is 236 g/mol. The molecular weight excluding hydrogens is 216 g/mol. The summed E-state index contributed by atoms with van der Waals surface area (Å²) in [6.45, 7) is 4.27. The third-order valence-electron chi connectivity index (χ3n) is 3.24. The molecule has 2 rings (SSSR count). The first-order chi connectivity index (χ1) is 7.86. The normalized spacial score (nSPS) is 17.6. The minimum atomic E-state index is 0.887. The topological polar surface area (TPSA) is 24.9 Å². The number of aromatic nitrogens is 1. The summed E-state index contributed by atoms with van der Waals surface area (Å²) in [5, 5.41) is 3.56. The summed E-state index contributed by atoms with van der Waals surface area (Å²) in [5.41, 5.74) is 2.66. The number of thioether (sulfide) groups is 1. The molecule has 1 aromatic rings. The molecule has 2 heterocycles. The first-order valence-electron chi connectivity index (χ1n) is 6.04. The summed E-state index contributed by atoms with van der Waals surface area (Å²) in [6, 6.07) is 2.08. The van der Waals surface area contributed by atoms with E-state index in [2.05, 4.69) is 35.1 Å². The third-order valence-corrected chi connectivity index (χ3v) is 4.29. The molecule has 2 nitrogen and oxygen atoms in total. The summed E-state index contributed by atoms with van der Waals surface area (Å²) in [7, 11) is 0. The fraction of sp³-hybridized carbons (Fsp3) is 0.615. The smallest absolute Gasteiger partial charge is 0.0315 e. The van der Waals surface area contributed by atoms with Crippen LogP contribution in [-0.4, -0.2) is 23.0 Å². The fourth-order valence-electron chi connectivity index (χ4n) is 2.04. The minimum Gasteiger partial charge on any atom is -0.312 e. The molecule has 0 radical (unpaired) electrons. The largest absolute Gasteiger partial charge is 0.312 e. The lowest BCUT2D eigenvalue weighted by Gasteiger charge is -2.21. The highest BCUT2D eigenvalue weighted by molar-refractivity contribution is 7.99. The van der Waals surface area contributed by atoms with Crippen molar-refractivity contribution in [3.63, 3.8) is 0 Å². The van der Waals surface area contributed by atoms with E-state index in [0.29, 0.717) is 0 Å². The van der Waals surface area contributed by atoms with Gasteiger partial charge in [-0.2, -0.15) is 11.8 Å². The van der Waals surface area contributed by atoms with E-state index in [1.54, 1.807) is 0 Å². The van der Waals surface area contributed by atoms with Gasteiger partial charge in [-0.05, 0) is 60.9 Å². The van der Waals surface area contributed by atoms with Crippen LogP contribution in [0.2, 0.25) is 0 Å². The van der Waals surface area contributed by atoms with Crippen molar-refractivity contribution in [2.45, 2.75) is 26.3 Å². The van der Waals surface area contributed by atoms with Gasteiger partial charge >= 0.3 is 0 Å². The van der Waals surface area contributed by atoms with Gasteiger partial charge in [0.25, 0.3) is 0 Å². The highest BCUT2D eigenvalue weighted by Crippen LogP contribution is 2.21. The maximum Gasteiger partial charge on any atom is 0.0315 e. The minimum absolute atomic E-state index is 0.887. The Kier molecular flexibility index (Phi) is 4.67. The number of hydrogen-bond acceptors (Lipinski definition) is 3. The van der Waals surface area contributed by atoms with Crippen LogP contribution >= 0.6 is 11.8 Å². The van der Waals surface area contributed by atoms with E-state index < -0.39 is 0 Å². The van der Waals surface area contributed by atoms with Crippen LogP contribution in [0.1, 0.15) is 24.0 Å². The molecule has 0 aromatic carbocycles. The second-order valence-electron chi connectivity index (χ2n) is 4.49. The average molecular weight is 236 g/mol. The Hall–Kier alpha value is -0.540. The number of hydrogen-bond donors (Lipinski definition) is 1. The van der Waals surface area contributed by atoms with E-state index >= 15 is 0 Å². The summed E-state index contributed by atoms with van der Waals surface area (Å²) >= 11 is 2.09. The lowest BCUT2D eigenvalue weighted by molar-refractivity contribution is 0.447. The van der Waals surface area contributed by atoms with Gasteiger partial charge in [-0.1, -0.05) is 0 Å². The molecule has 0 atom stereocenters. The van der Waals surface area contributed by atoms with Gasteiger partial charge < -0.3 is 5.32 Å². The van der Waals surface area contributed by atoms with Gasteiger partial charge in [-0.15, -0.1) is 0 Å². The Morgan fingerprint density at radius 1 is 1.44 bits per heavy atom. The quantitative estimate of drug-likeness (QED) is 0.870. The van der Waals surface area contributed by atoms with Gasteiger partial charge in [0.1, 0.15) is 0 Å². The first-order valence-corrected chi connectivity index (χ1v) is 7.19. The second kappa shape index (κ2) is 6.26. The van der Waals surface area contributed by atoms with Crippen LogP contribution < -0.4 is 5.32 Å². The predicted molar refractivity (Wildman–Crippen MR) is 70.7 cm³/mol. The zero-order valence-corrected chi connectivity index (χ0v) is 10.7. The average Bonchev–Trinajstić information content (AvgIpc) is 2.33. The Morgan fingerprint density at radius 2 is 2.25 bits per heavy atom. The van der Waals surface area contributed by atoms with Crippen molar-refractivity contribution in [3.05, 3.63) is 29.6 Å². The number of pyridine rings is 1. The third kappa shape index (κ3) is 3.49. The Labute approximate surface area is 102 Å². The number of nitrogens with one attached hydrogen (secondary N) is 1. The molecule has 1 fully saturated rings. The number of nitrogens with zero attached hydrogens (tertiary/aromatic N) is 1. The molecule has 88 valence electrons. The van der Waals surface area contributed by atoms with E-state index in [1.807, 2.05) is 12.4 Å². The molecule has 0 aliphatic carbocycles. The van der Waals surface area contributed by atoms with Gasteiger partial charge in [0, 0.05) is 18.9 Å². The highest BCUT2D eigenvalue weighted by atomic mass is 32.2. The van der Waals surface area contributed by atoms with E-state index in [0.717, 1.165) is 19.0 Å². The molecule has 0 spiro atoms. The van der Waals surface area contributed by atoms with Crippen LogP contribution in [-0.2, 0) is 6.54 Å². The lowest BCUT2D eigenvalue weighted by atomic mass is 10.0. The van der Waals surface area contributed by atoms with Crippen LogP contribution in [0.4, 0.5) is 0 Å². The summed E-state index contributed by atoms with van der Waals surface area (Å²) < 4.78 is 0. The molecule has 1 saturated heterocycles. The number of aryl methyl sites for hydroxylation is 1. The molecule has 0 unspecified atom stereocenters. The zero-order valence-electron chi connectivity index (χ0n) is 9.91. The predicted octanol–water partition coefficient (Wildman–Crippen LogP) is 2.62. The van der Waals surface area contributed by atoms with E-state index in [9.17, 15) is 0 Å². The van der Waals surface area contributed by atoms with Crippen molar-refractivity contribution >= 4 is 11.8 Å². The van der Waals surface area contributed by atoms with Crippen molar-refractivity contribution in [3.8, 4) is 0 Å². The molecule has 1 aromatic heterocycles. The van der Waals surface area contributed by atoms with Crippen LogP contribution in [0.15, 0.2) is 18.5 Å². The molecule has 0 bridgehead atoms. The van der Waals surface area contributed by atoms with Crippen molar-refractivity contribution in [1.82, 2.24) is 10.3 Å². The van der Waals surface area contributed by atoms with Crippen molar-refractivity contribution < 1.29 is 0 Å². The standard InChI is InChI=1S/C13H20N2S/c1-11-2-5-14-9-13(11)10-15-8-12-3-6-16-7-4-12/h2,5,9,12,15H,3-4,6-8,10H2,1H3. The van der Waals surface area contributed by atoms with Crippen molar-refractivity contribution in [2.75, 3.05) is 18.1 Å². The van der Waals surface area contributed by atoms with E-state index in [-0.39, 0.29) is 0 Å². The molecule has 1 aliphatic rings. The van der Waals surface area contributed by atoms with E-state index in [1.165, 1.54) is 35.5 Å². The molecule has 0 amide bonds. The highest BCUT2D eigenvalue weighted by Gasteiger charge is 2.12. The molecular formula is C13H20N2S. The summed E-state index contributed by atoms with van der Waals surface area (Å²) in [4.78, 5) is 4.17. The van der Waals surface area contributed by atoms with Gasteiger partial charge in [0.05, 0.1) is 0 Å². The first kappa shape index (κ1) is 11.9. The Balaban J connectivity index is 1.73. The molecule has 3 heteroatoms. The van der Waals surface area contributed by atoms with Crippen LogP contribution in [0.5, 0.6) is 0 Å². The molecule has 1 aliphatic heterocycles. The van der Waals surface area contributed by atoms with Gasteiger partial charge in [0.15, 0.2) is 0 Å². The maximum absolute atomic E-state index is 4.17. The van der Waals surface area contributed by atoms with Gasteiger partial charge in [-0.25, -0.2) is 0 Å². The fourth-order valence-corrected chi connectivity index (χ4v) is 3.25. The zero-order chi connectivity index (χ0) is 11.2. The Morgan fingerprint density at radius 3 is 3.00 bits per heavy atom. The van der Waals surface area contributed by atoms with Crippen LogP contribution in [0.3, 0.4) is 0 Å². The van der Waals surface area contributed by atoms with Gasteiger partial charge in [-0.3, -0.25) is 4.98 Å². The van der Waals surface area contributed by atoms with Crippen molar-refractivity contribution in [2.24, 2.45) is 5.92 Å². The summed E-state index contributed by atoms with van der Waals surface area (Å²) in [6.07, 6.45) is 6.59. The van der Waals surface area contributed by atoms with Crippen LogP contribution in [0, 0.1) is 12.8 Å². The lowest BCUT2D eigenvalue weighted by Crippen LogP contribution is -2.25. The SMILES string of the molecule is Cc1ccncc1CNCC1CCSCC1. The molecule has 0 saturated carbocycles.